The van der Waals surface area contributed by atoms with Gasteiger partial charge in [-0.05, 0) is 37.1 Å². The van der Waals surface area contributed by atoms with Crippen molar-refractivity contribution in [1.29, 1.82) is 0 Å². The normalized spacial score (nSPS) is 18.7. The summed E-state index contributed by atoms with van der Waals surface area (Å²) in [7, 11) is 1.69. The van der Waals surface area contributed by atoms with Crippen LogP contribution in [0.2, 0.25) is 0 Å². The fraction of sp³-hybridized carbons (Fsp3) is 0.438. The van der Waals surface area contributed by atoms with Crippen LogP contribution in [-0.4, -0.2) is 43.7 Å². The number of nitrogens with zero attached hydrogens (tertiary/aromatic N) is 1. The van der Waals surface area contributed by atoms with Crippen molar-refractivity contribution in [1.82, 2.24) is 4.90 Å². The Labute approximate surface area is 120 Å². The molecule has 1 aromatic carbocycles. The van der Waals surface area contributed by atoms with Crippen molar-refractivity contribution in [2.24, 2.45) is 0 Å². The van der Waals surface area contributed by atoms with Gasteiger partial charge in [-0.25, -0.2) is 0 Å². The number of benzene rings is 1. The highest BCUT2D eigenvalue weighted by Crippen LogP contribution is 2.15. The molecule has 1 atom stereocenters. The Morgan fingerprint density at radius 2 is 2.15 bits per heavy atom. The van der Waals surface area contributed by atoms with Gasteiger partial charge in [-0.2, -0.15) is 0 Å². The Balaban J connectivity index is 1.90. The molecule has 1 fully saturated rings. The number of likely N-dealkylation sites (tertiary alicyclic amines) is 1. The molecule has 1 saturated heterocycles. The van der Waals surface area contributed by atoms with Crippen molar-refractivity contribution in [2.45, 2.75) is 19.4 Å². The van der Waals surface area contributed by atoms with E-state index in [1.54, 1.807) is 13.2 Å². The molecule has 0 aromatic heterocycles. The number of methoxy groups -OCH3 is 1. The van der Waals surface area contributed by atoms with Crippen LogP contribution in [0, 0.1) is 0 Å². The van der Waals surface area contributed by atoms with E-state index < -0.39 is 0 Å². The molecule has 0 bridgehead atoms. The zero-order valence-electron chi connectivity index (χ0n) is 12.0. The molecule has 1 aliphatic rings. The fourth-order valence-electron chi connectivity index (χ4n) is 2.24. The first-order chi connectivity index (χ1) is 9.72. The molecule has 0 saturated carbocycles. The average Bonchev–Trinajstić information content (AvgIpc) is 2.95. The lowest BCUT2D eigenvalue weighted by Crippen LogP contribution is -2.28. The number of carbonyl (C=O) groups is 1. The molecule has 4 heteroatoms. The Morgan fingerprint density at radius 1 is 1.40 bits per heavy atom. The molecular formula is C16H21NO3. The van der Waals surface area contributed by atoms with Gasteiger partial charge in [-0.1, -0.05) is 12.1 Å². The van der Waals surface area contributed by atoms with Crippen molar-refractivity contribution in [3.63, 3.8) is 0 Å². The highest BCUT2D eigenvalue weighted by Gasteiger charge is 2.24. The van der Waals surface area contributed by atoms with Crippen molar-refractivity contribution in [3.05, 3.63) is 35.9 Å². The second kappa shape index (κ2) is 7.10. The number of ether oxygens (including phenoxy) is 2. The van der Waals surface area contributed by atoms with Gasteiger partial charge in [0.25, 0.3) is 0 Å². The number of hydrogen-bond donors (Lipinski definition) is 0. The fourth-order valence-corrected chi connectivity index (χ4v) is 2.24. The maximum absolute atomic E-state index is 12.0. The van der Waals surface area contributed by atoms with Crippen LogP contribution in [0.5, 0.6) is 5.75 Å². The van der Waals surface area contributed by atoms with Crippen LogP contribution in [0.4, 0.5) is 0 Å². The number of amides is 1. The van der Waals surface area contributed by atoms with Gasteiger partial charge in [0.15, 0.2) is 0 Å². The maximum Gasteiger partial charge on any atom is 0.246 e. The van der Waals surface area contributed by atoms with Gasteiger partial charge in [-0.3, -0.25) is 4.79 Å². The second-order valence-corrected chi connectivity index (χ2v) is 4.77. The summed E-state index contributed by atoms with van der Waals surface area (Å²) >= 11 is 0. The molecule has 4 nitrogen and oxygen atoms in total. The second-order valence-electron chi connectivity index (χ2n) is 4.77. The van der Waals surface area contributed by atoms with Gasteiger partial charge in [0, 0.05) is 26.3 Å². The summed E-state index contributed by atoms with van der Waals surface area (Å²) in [6.07, 6.45) is 4.54. The van der Waals surface area contributed by atoms with Crippen LogP contribution < -0.4 is 4.74 Å². The van der Waals surface area contributed by atoms with Gasteiger partial charge in [0.1, 0.15) is 5.75 Å². The summed E-state index contributed by atoms with van der Waals surface area (Å²) in [5, 5.41) is 0. The Bertz CT molecular complexity index is 467. The van der Waals surface area contributed by atoms with Gasteiger partial charge in [0.2, 0.25) is 5.91 Å². The largest absolute Gasteiger partial charge is 0.494 e. The first kappa shape index (κ1) is 14.6. The molecule has 0 N–H and O–H groups in total. The van der Waals surface area contributed by atoms with E-state index in [1.165, 1.54) is 0 Å². The topological polar surface area (TPSA) is 38.8 Å². The van der Waals surface area contributed by atoms with Crippen LogP contribution in [0.3, 0.4) is 0 Å². The van der Waals surface area contributed by atoms with Gasteiger partial charge >= 0.3 is 0 Å². The lowest BCUT2D eigenvalue weighted by molar-refractivity contribution is -0.125. The zero-order valence-corrected chi connectivity index (χ0v) is 12.0. The molecule has 1 amide bonds. The Morgan fingerprint density at radius 3 is 2.75 bits per heavy atom. The van der Waals surface area contributed by atoms with E-state index in [-0.39, 0.29) is 12.0 Å². The third kappa shape index (κ3) is 3.84. The van der Waals surface area contributed by atoms with Crippen LogP contribution in [-0.2, 0) is 9.53 Å². The Hall–Kier alpha value is -1.81. The van der Waals surface area contributed by atoms with Crippen molar-refractivity contribution >= 4 is 12.0 Å². The van der Waals surface area contributed by atoms with Gasteiger partial charge < -0.3 is 14.4 Å². The molecule has 1 aliphatic heterocycles. The van der Waals surface area contributed by atoms with E-state index in [0.717, 1.165) is 24.3 Å². The SMILES string of the molecule is CCOc1ccc(/C=C/C(=O)N2CCC(OC)C2)cc1. The van der Waals surface area contributed by atoms with E-state index in [9.17, 15) is 4.79 Å². The smallest absolute Gasteiger partial charge is 0.246 e. The minimum atomic E-state index is 0.0402. The summed E-state index contributed by atoms with van der Waals surface area (Å²) in [6, 6.07) is 7.70. The van der Waals surface area contributed by atoms with E-state index in [0.29, 0.717) is 13.2 Å². The summed E-state index contributed by atoms with van der Waals surface area (Å²) < 4.78 is 10.6. The van der Waals surface area contributed by atoms with Crippen LogP contribution >= 0.6 is 0 Å². The summed E-state index contributed by atoms with van der Waals surface area (Å²) in [5.74, 6) is 0.886. The molecule has 1 unspecified atom stereocenters. The maximum atomic E-state index is 12.0. The van der Waals surface area contributed by atoms with Crippen LogP contribution in [0.15, 0.2) is 30.3 Å². The van der Waals surface area contributed by atoms with Crippen molar-refractivity contribution < 1.29 is 14.3 Å². The number of rotatable bonds is 5. The molecule has 2 rings (SSSR count). The van der Waals surface area contributed by atoms with E-state index in [2.05, 4.69) is 0 Å². The lowest BCUT2D eigenvalue weighted by Gasteiger charge is -2.13. The number of hydrogen-bond acceptors (Lipinski definition) is 3. The van der Waals surface area contributed by atoms with Gasteiger partial charge in [-0.15, -0.1) is 0 Å². The molecule has 108 valence electrons. The third-order valence-corrected chi connectivity index (χ3v) is 3.40. The summed E-state index contributed by atoms with van der Waals surface area (Å²) in [5.41, 5.74) is 0.990. The number of carbonyl (C=O) groups excluding carboxylic acids is 1. The molecular weight excluding hydrogens is 254 g/mol. The van der Waals surface area contributed by atoms with Crippen LogP contribution in [0.1, 0.15) is 18.9 Å². The lowest BCUT2D eigenvalue weighted by atomic mass is 10.2. The van der Waals surface area contributed by atoms with E-state index in [1.807, 2.05) is 42.2 Å². The molecule has 1 heterocycles. The first-order valence-corrected chi connectivity index (χ1v) is 6.95. The Kier molecular flexibility index (Phi) is 5.18. The predicted octanol–water partition coefficient (Wildman–Crippen LogP) is 2.35. The highest BCUT2D eigenvalue weighted by atomic mass is 16.5. The van der Waals surface area contributed by atoms with Crippen molar-refractivity contribution in [3.8, 4) is 5.75 Å². The highest BCUT2D eigenvalue weighted by molar-refractivity contribution is 5.92. The monoisotopic (exact) mass is 275 g/mol. The average molecular weight is 275 g/mol. The van der Waals surface area contributed by atoms with E-state index >= 15 is 0 Å². The molecule has 0 radical (unpaired) electrons. The first-order valence-electron chi connectivity index (χ1n) is 6.95. The van der Waals surface area contributed by atoms with Crippen LogP contribution in [0.25, 0.3) is 6.08 Å². The quantitative estimate of drug-likeness (QED) is 0.774. The van der Waals surface area contributed by atoms with E-state index in [4.69, 9.17) is 9.47 Å². The minimum absolute atomic E-state index is 0.0402. The standard InChI is InChI=1S/C16H21NO3/c1-3-20-14-7-4-13(5-8-14)6-9-16(18)17-11-10-15(12-17)19-2/h4-9,15H,3,10-12H2,1-2H3/b9-6+. The third-order valence-electron chi connectivity index (χ3n) is 3.40. The van der Waals surface area contributed by atoms with Gasteiger partial charge in [0.05, 0.1) is 12.7 Å². The predicted molar refractivity (Wildman–Crippen MR) is 78.6 cm³/mol. The summed E-state index contributed by atoms with van der Waals surface area (Å²) in [6.45, 7) is 4.06. The molecule has 0 spiro atoms. The molecule has 0 aliphatic carbocycles. The summed E-state index contributed by atoms with van der Waals surface area (Å²) in [4.78, 5) is 13.8. The molecule has 20 heavy (non-hydrogen) atoms. The zero-order chi connectivity index (χ0) is 14.4. The van der Waals surface area contributed by atoms with Crippen molar-refractivity contribution in [2.75, 3.05) is 26.8 Å². The minimum Gasteiger partial charge on any atom is -0.494 e. The molecule has 1 aromatic rings.